The fraction of sp³-hybridized carbons (Fsp3) is 0.188. The number of methoxy groups -OCH3 is 1. The van der Waals surface area contributed by atoms with Crippen LogP contribution in [0.15, 0.2) is 42.6 Å². The first-order chi connectivity index (χ1) is 10.3. The molecule has 0 saturated heterocycles. The molecule has 1 N–H and O–H groups in total. The number of H-pyrrole nitrogens is 1. The van der Waals surface area contributed by atoms with Crippen molar-refractivity contribution in [1.29, 1.82) is 0 Å². The van der Waals surface area contributed by atoms with Crippen LogP contribution in [-0.4, -0.2) is 28.0 Å². The van der Waals surface area contributed by atoms with Gasteiger partial charge in [-0.15, -0.1) is 0 Å². The number of pyridine rings is 1. The summed E-state index contributed by atoms with van der Waals surface area (Å²) in [6.45, 7) is 0. The van der Waals surface area contributed by atoms with Crippen LogP contribution >= 0.6 is 0 Å². The van der Waals surface area contributed by atoms with Gasteiger partial charge in [0, 0.05) is 18.3 Å². The molecule has 2 aromatic heterocycles. The topological polar surface area (TPSA) is 67.9 Å². The van der Waals surface area contributed by atoms with E-state index in [2.05, 4.69) is 15.0 Å². The number of aromatic nitrogens is 3. The van der Waals surface area contributed by atoms with Gasteiger partial charge in [-0.2, -0.15) is 0 Å². The zero-order valence-corrected chi connectivity index (χ0v) is 11.7. The number of hydrogen-bond acceptors (Lipinski definition) is 4. The Labute approximate surface area is 122 Å². The highest BCUT2D eigenvalue weighted by Crippen LogP contribution is 2.18. The molecule has 5 nitrogen and oxygen atoms in total. The summed E-state index contributed by atoms with van der Waals surface area (Å²) in [5.74, 6) is 0.468. The molecule has 0 atom stereocenters. The van der Waals surface area contributed by atoms with E-state index in [0.717, 1.165) is 29.9 Å². The van der Waals surface area contributed by atoms with Gasteiger partial charge in [0.25, 0.3) is 0 Å². The van der Waals surface area contributed by atoms with Crippen LogP contribution in [0.1, 0.15) is 21.9 Å². The summed E-state index contributed by atoms with van der Waals surface area (Å²) in [4.78, 5) is 23.8. The quantitative estimate of drug-likeness (QED) is 0.746. The zero-order valence-electron chi connectivity index (χ0n) is 11.7. The monoisotopic (exact) mass is 281 g/mol. The number of nitrogens with one attached hydrogen (secondary N) is 1. The predicted molar refractivity (Wildman–Crippen MR) is 79.1 cm³/mol. The van der Waals surface area contributed by atoms with Gasteiger partial charge < -0.3 is 9.72 Å². The number of fused-ring (bicyclic) bond motifs is 1. The van der Waals surface area contributed by atoms with Gasteiger partial charge in [-0.25, -0.2) is 9.78 Å². The molecule has 2 heterocycles. The van der Waals surface area contributed by atoms with Crippen molar-refractivity contribution < 1.29 is 9.53 Å². The third-order valence-electron chi connectivity index (χ3n) is 3.31. The number of benzene rings is 1. The molecule has 0 aliphatic rings. The van der Waals surface area contributed by atoms with Gasteiger partial charge in [0.2, 0.25) is 0 Å². The molecule has 0 saturated carbocycles. The van der Waals surface area contributed by atoms with Crippen molar-refractivity contribution in [2.45, 2.75) is 12.8 Å². The minimum absolute atomic E-state index is 0.372. The van der Waals surface area contributed by atoms with Crippen LogP contribution < -0.4 is 0 Å². The number of rotatable bonds is 4. The van der Waals surface area contributed by atoms with Crippen LogP contribution in [0.3, 0.4) is 0 Å². The number of aromatic amines is 1. The van der Waals surface area contributed by atoms with Crippen LogP contribution in [0.4, 0.5) is 0 Å². The molecule has 5 heteroatoms. The largest absolute Gasteiger partial charge is 0.465 e. The Hall–Kier alpha value is -2.69. The summed E-state index contributed by atoms with van der Waals surface area (Å²) in [7, 11) is 1.37. The van der Waals surface area contributed by atoms with E-state index in [-0.39, 0.29) is 5.97 Å². The highest BCUT2D eigenvalue weighted by molar-refractivity contribution is 6.01. The lowest BCUT2D eigenvalue weighted by Gasteiger charge is -1.98. The van der Waals surface area contributed by atoms with Gasteiger partial charge in [0.15, 0.2) is 0 Å². The Morgan fingerprint density at radius 2 is 2.10 bits per heavy atom. The summed E-state index contributed by atoms with van der Waals surface area (Å²) in [6.07, 6.45) is 3.32. The average Bonchev–Trinajstić information content (AvgIpc) is 2.96. The van der Waals surface area contributed by atoms with E-state index in [0.29, 0.717) is 11.1 Å². The number of carbonyl (C=O) groups is 1. The number of nitrogens with zero attached hydrogens (tertiary/aromatic N) is 2. The van der Waals surface area contributed by atoms with Crippen molar-refractivity contribution in [3.63, 3.8) is 0 Å². The Morgan fingerprint density at radius 3 is 2.86 bits per heavy atom. The van der Waals surface area contributed by atoms with Crippen molar-refractivity contribution in [3.8, 4) is 0 Å². The van der Waals surface area contributed by atoms with E-state index in [1.165, 1.54) is 7.11 Å². The zero-order chi connectivity index (χ0) is 14.7. The molecule has 0 unspecified atom stereocenters. The lowest BCUT2D eigenvalue weighted by molar-refractivity contribution is 0.0603. The van der Waals surface area contributed by atoms with E-state index in [1.54, 1.807) is 12.3 Å². The number of para-hydroxylation sites is 1. The van der Waals surface area contributed by atoms with Gasteiger partial charge >= 0.3 is 5.97 Å². The molecule has 0 aliphatic heterocycles. The fourth-order valence-corrected chi connectivity index (χ4v) is 2.27. The number of aryl methyl sites for hydroxylation is 2. The van der Waals surface area contributed by atoms with Crippen LogP contribution in [0.25, 0.3) is 11.0 Å². The molecule has 0 bridgehead atoms. The maximum atomic E-state index is 11.7. The molecule has 0 fully saturated rings. The number of carbonyl (C=O) groups excluding carboxylic acids is 1. The molecule has 3 rings (SSSR count). The fourth-order valence-electron chi connectivity index (χ4n) is 2.27. The van der Waals surface area contributed by atoms with Crippen molar-refractivity contribution >= 4 is 17.0 Å². The second-order valence-corrected chi connectivity index (χ2v) is 4.70. The first kappa shape index (κ1) is 13.3. The highest BCUT2D eigenvalue weighted by Gasteiger charge is 2.13. The summed E-state index contributed by atoms with van der Waals surface area (Å²) in [5.41, 5.74) is 3.00. The highest BCUT2D eigenvalue weighted by atomic mass is 16.5. The van der Waals surface area contributed by atoms with Crippen molar-refractivity contribution in [3.05, 3.63) is 59.7 Å². The van der Waals surface area contributed by atoms with E-state index in [9.17, 15) is 4.79 Å². The van der Waals surface area contributed by atoms with Gasteiger partial charge in [0.1, 0.15) is 11.3 Å². The maximum Gasteiger partial charge on any atom is 0.340 e. The second-order valence-electron chi connectivity index (χ2n) is 4.70. The van der Waals surface area contributed by atoms with Gasteiger partial charge in [-0.3, -0.25) is 4.98 Å². The van der Waals surface area contributed by atoms with Gasteiger partial charge in [-0.1, -0.05) is 12.1 Å². The van der Waals surface area contributed by atoms with Crippen LogP contribution in [0.5, 0.6) is 0 Å². The Balaban J connectivity index is 1.86. The second kappa shape index (κ2) is 5.75. The van der Waals surface area contributed by atoms with Crippen LogP contribution in [0.2, 0.25) is 0 Å². The third kappa shape index (κ3) is 2.76. The SMILES string of the molecule is COC(=O)c1cccc2[nH]c(CCc3ccccn3)nc12. The van der Waals surface area contributed by atoms with Crippen molar-refractivity contribution in [2.75, 3.05) is 7.11 Å². The molecular formula is C16H15N3O2. The van der Waals surface area contributed by atoms with Crippen molar-refractivity contribution in [1.82, 2.24) is 15.0 Å². The molecular weight excluding hydrogens is 266 g/mol. The molecule has 3 aromatic rings. The lowest BCUT2D eigenvalue weighted by atomic mass is 10.2. The number of esters is 1. The molecule has 1 aromatic carbocycles. The summed E-state index contributed by atoms with van der Waals surface area (Å²) >= 11 is 0. The Bertz CT molecular complexity index is 766. The van der Waals surface area contributed by atoms with Gasteiger partial charge in [-0.05, 0) is 30.7 Å². The molecule has 0 aliphatic carbocycles. The lowest BCUT2D eigenvalue weighted by Crippen LogP contribution is -2.01. The summed E-state index contributed by atoms with van der Waals surface area (Å²) in [5, 5.41) is 0. The van der Waals surface area contributed by atoms with Crippen molar-refractivity contribution in [2.24, 2.45) is 0 Å². The molecule has 0 amide bonds. The third-order valence-corrected chi connectivity index (χ3v) is 3.31. The predicted octanol–water partition coefficient (Wildman–Crippen LogP) is 2.53. The number of ether oxygens (including phenoxy) is 1. The van der Waals surface area contributed by atoms with E-state index in [4.69, 9.17) is 4.74 Å². The maximum absolute atomic E-state index is 11.7. The normalized spacial score (nSPS) is 10.7. The molecule has 0 spiro atoms. The van der Waals surface area contributed by atoms with E-state index in [1.807, 2.05) is 30.3 Å². The standard InChI is InChI=1S/C16H15N3O2/c1-21-16(20)12-6-4-7-13-15(12)19-14(18-13)9-8-11-5-2-3-10-17-11/h2-7,10H,8-9H2,1H3,(H,18,19). The van der Waals surface area contributed by atoms with E-state index >= 15 is 0 Å². The first-order valence-corrected chi connectivity index (χ1v) is 6.74. The number of imidazole rings is 1. The Kier molecular flexibility index (Phi) is 3.64. The summed E-state index contributed by atoms with van der Waals surface area (Å²) < 4.78 is 4.78. The summed E-state index contributed by atoms with van der Waals surface area (Å²) in [6, 6.07) is 11.3. The molecule has 21 heavy (non-hydrogen) atoms. The van der Waals surface area contributed by atoms with Crippen LogP contribution in [-0.2, 0) is 17.6 Å². The average molecular weight is 281 g/mol. The van der Waals surface area contributed by atoms with Gasteiger partial charge in [0.05, 0.1) is 18.2 Å². The smallest absolute Gasteiger partial charge is 0.340 e. The van der Waals surface area contributed by atoms with Crippen LogP contribution in [0, 0.1) is 0 Å². The molecule has 0 radical (unpaired) electrons. The Morgan fingerprint density at radius 1 is 1.19 bits per heavy atom. The van der Waals surface area contributed by atoms with E-state index < -0.39 is 0 Å². The number of hydrogen-bond donors (Lipinski definition) is 1. The minimum atomic E-state index is -0.372. The molecule has 106 valence electrons. The minimum Gasteiger partial charge on any atom is -0.465 e. The first-order valence-electron chi connectivity index (χ1n) is 6.74.